The van der Waals surface area contributed by atoms with Crippen LogP contribution in [0.2, 0.25) is 0 Å². The summed E-state index contributed by atoms with van der Waals surface area (Å²) in [5.74, 6) is -0.176. The van der Waals surface area contributed by atoms with Gasteiger partial charge in [-0.15, -0.1) is 5.10 Å². The summed E-state index contributed by atoms with van der Waals surface area (Å²) in [5.41, 5.74) is 5.03. The first-order valence-corrected chi connectivity index (χ1v) is 11.9. The molecule has 2 aromatic carbocycles. The van der Waals surface area contributed by atoms with Crippen LogP contribution in [0.25, 0.3) is 0 Å². The van der Waals surface area contributed by atoms with Gasteiger partial charge in [0.1, 0.15) is 6.10 Å². The Balaban J connectivity index is 1.20. The summed E-state index contributed by atoms with van der Waals surface area (Å²) in [7, 11) is 3.93. The van der Waals surface area contributed by atoms with Crippen LogP contribution in [-0.2, 0) is 17.9 Å². The highest BCUT2D eigenvalue weighted by Crippen LogP contribution is 2.27. The van der Waals surface area contributed by atoms with E-state index in [-0.39, 0.29) is 24.5 Å². The molecule has 1 saturated heterocycles. The number of piperazine rings is 1. The minimum Gasteiger partial charge on any atom is -0.378 e. The highest BCUT2D eigenvalue weighted by molar-refractivity contribution is 5.95. The van der Waals surface area contributed by atoms with Crippen LogP contribution in [0.15, 0.2) is 48.5 Å². The van der Waals surface area contributed by atoms with Gasteiger partial charge < -0.3 is 19.4 Å². The zero-order valence-corrected chi connectivity index (χ0v) is 20.3. The monoisotopic (exact) mass is 474 g/mol. The molecule has 182 valence electrons. The number of aromatic nitrogens is 3. The number of hydrogen-bond donors (Lipinski definition) is 0. The first-order chi connectivity index (χ1) is 16.9. The van der Waals surface area contributed by atoms with Crippen LogP contribution in [0.1, 0.15) is 43.8 Å². The average molecular weight is 475 g/mol. The predicted molar refractivity (Wildman–Crippen MR) is 131 cm³/mol. The van der Waals surface area contributed by atoms with Crippen molar-refractivity contribution in [2.75, 3.05) is 45.2 Å². The Labute approximate surface area is 204 Å². The lowest BCUT2D eigenvalue weighted by Crippen LogP contribution is -2.50. The molecule has 2 aliphatic heterocycles. The lowest BCUT2D eigenvalue weighted by atomic mass is 10.1. The average Bonchev–Trinajstić information content (AvgIpc) is 3.32. The first-order valence-electron chi connectivity index (χ1n) is 11.9. The van der Waals surface area contributed by atoms with Gasteiger partial charge >= 0.3 is 0 Å². The number of hydrogen-bond acceptors (Lipinski definition) is 6. The molecule has 2 aliphatic rings. The third kappa shape index (κ3) is 4.64. The zero-order chi connectivity index (χ0) is 24.5. The molecule has 2 amide bonds. The van der Waals surface area contributed by atoms with Crippen molar-refractivity contribution in [2.24, 2.45) is 0 Å². The summed E-state index contributed by atoms with van der Waals surface area (Å²) in [5, 5.41) is 8.44. The van der Waals surface area contributed by atoms with Gasteiger partial charge in [-0.2, -0.15) is 0 Å². The summed E-state index contributed by atoms with van der Waals surface area (Å²) >= 11 is 0. The Morgan fingerprint density at radius 1 is 0.914 bits per heavy atom. The highest BCUT2D eigenvalue weighted by Gasteiger charge is 2.32. The van der Waals surface area contributed by atoms with Crippen molar-refractivity contribution >= 4 is 17.5 Å². The molecule has 1 aromatic heterocycles. The molecule has 3 aromatic rings. The molecule has 0 aliphatic carbocycles. The van der Waals surface area contributed by atoms with Gasteiger partial charge in [-0.3, -0.25) is 9.59 Å². The largest absolute Gasteiger partial charge is 0.378 e. The number of aryl methyl sites for hydroxylation is 1. The standard InChI is InChI=1S/C26H30N6O3/c1-18-4-6-19(7-5-18)23-16-32-22(17-35-23)24(27-28-32)26(34)31-14-12-30(13-15-31)25(33)20-8-10-21(11-9-20)29(2)3/h4-11,23H,12-17H2,1-3H3. The Bertz CT molecular complexity index is 1210. The van der Waals surface area contributed by atoms with E-state index in [2.05, 4.69) is 41.5 Å². The van der Waals surface area contributed by atoms with Crippen LogP contribution < -0.4 is 4.90 Å². The van der Waals surface area contributed by atoms with Crippen molar-refractivity contribution in [2.45, 2.75) is 26.2 Å². The molecule has 1 unspecified atom stereocenters. The molecule has 9 heteroatoms. The summed E-state index contributed by atoms with van der Waals surface area (Å²) in [6, 6.07) is 15.8. The fourth-order valence-corrected chi connectivity index (χ4v) is 4.51. The fraction of sp³-hybridized carbons (Fsp3) is 0.385. The van der Waals surface area contributed by atoms with E-state index < -0.39 is 0 Å². The second-order valence-corrected chi connectivity index (χ2v) is 9.30. The maximum atomic E-state index is 13.2. The van der Waals surface area contributed by atoms with Crippen LogP contribution in [0.4, 0.5) is 5.69 Å². The molecule has 0 saturated carbocycles. The number of benzene rings is 2. The van der Waals surface area contributed by atoms with E-state index in [9.17, 15) is 9.59 Å². The van der Waals surface area contributed by atoms with Crippen LogP contribution >= 0.6 is 0 Å². The molecule has 35 heavy (non-hydrogen) atoms. The van der Waals surface area contributed by atoms with E-state index in [0.717, 1.165) is 11.3 Å². The Hall–Kier alpha value is -3.72. The van der Waals surface area contributed by atoms with E-state index >= 15 is 0 Å². The van der Waals surface area contributed by atoms with Crippen LogP contribution in [0, 0.1) is 6.92 Å². The SMILES string of the molecule is Cc1ccc(C2Cn3nnc(C(=O)N4CCN(C(=O)c5ccc(N(C)C)cc5)CC4)c3CO2)cc1. The topological polar surface area (TPSA) is 83.8 Å². The number of fused-ring (bicyclic) bond motifs is 1. The minimum absolute atomic E-state index is 0.0148. The quantitative estimate of drug-likeness (QED) is 0.578. The fourth-order valence-electron chi connectivity index (χ4n) is 4.51. The molecule has 9 nitrogen and oxygen atoms in total. The van der Waals surface area contributed by atoms with Gasteiger partial charge in [0.2, 0.25) is 0 Å². The van der Waals surface area contributed by atoms with Crippen molar-refractivity contribution < 1.29 is 14.3 Å². The lowest BCUT2D eigenvalue weighted by molar-refractivity contribution is -0.00203. The molecule has 1 atom stereocenters. The number of amides is 2. The van der Waals surface area contributed by atoms with Gasteiger partial charge in [-0.05, 0) is 36.8 Å². The second kappa shape index (κ2) is 9.50. The number of nitrogens with zero attached hydrogens (tertiary/aromatic N) is 6. The van der Waals surface area contributed by atoms with E-state index in [1.165, 1.54) is 5.56 Å². The molecular formula is C26H30N6O3. The summed E-state index contributed by atoms with van der Waals surface area (Å²) < 4.78 is 7.84. The maximum Gasteiger partial charge on any atom is 0.276 e. The van der Waals surface area contributed by atoms with Crippen molar-refractivity contribution in [3.05, 3.63) is 76.6 Å². The molecule has 0 bridgehead atoms. The van der Waals surface area contributed by atoms with Gasteiger partial charge in [0.25, 0.3) is 11.8 Å². The smallest absolute Gasteiger partial charge is 0.276 e. The molecule has 1 fully saturated rings. The van der Waals surface area contributed by atoms with Crippen LogP contribution in [-0.4, -0.2) is 76.9 Å². The third-order valence-corrected chi connectivity index (χ3v) is 6.73. The summed E-state index contributed by atoms with van der Waals surface area (Å²) in [4.78, 5) is 31.7. The summed E-state index contributed by atoms with van der Waals surface area (Å²) in [6.07, 6.45) is -0.117. The van der Waals surface area contributed by atoms with Crippen LogP contribution in [0.5, 0.6) is 0 Å². The van der Waals surface area contributed by atoms with Gasteiger partial charge in [0.05, 0.1) is 18.8 Å². The molecule has 0 radical (unpaired) electrons. The minimum atomic E-state index is -0.161. The van der Waals surface area contributed by atoms with Crippen LogP contribution in [0.3, 0.4) is 0 Å². The Kier molecular flexibility index (Phi) is 6.25. The lowest BCUT2D eigenvalue weighted by Gasteiger charge is -2.34. The normalized spacial score (nSPS) is 17.7. The number of carbonyl (C=O) groups excluding carboxylic acids is 2. The van der Waals surface area contributed by atoms with E-state index in [1.54, 1.807) is 14.5 Å². The number of carbonyl (C=O) groups is 2. The van der Waals surface area contributed by atoms with Crippen molar-refractivity contribution in [1.29, 1.82) is 0 Å². The molecule has 0 N–H and O–H groups in total. The van der Waals surface area contributed by atoms with Gasteiger partial charge in [0, 0.05) is 51.5 Å². The number of anilines is 1. The first kappa shape index (κ1) is 23.0. The van der Waals surface area contributed by atoms with Gasteiger partial charge in [-0.25, -0.2) is 4.68 Å². The third-order valence-electron chi connectivity index (χ3n) is 6.73. The van der Waals surface area contributed by atoms with E-state index in [4.69, 9.17) is 4.74 Å². The zero-order valence-electron chi connectivity index (χ0n) is 20.3. The molecule has 3 heterocycles. The predicted octanol–water partition coefficient (Wildman–Crippen LogP) is 2.52. The molecule has 5 rings (SSSR count). The highest BCUT2D eigenvalue weighted by atomic mass is 16.5. The molecule has 0 spiro atoms. The Morgan fingerprint density at radius 3 is 2.17 bits per heavy atom. The van der Waals surface area contributed by atoms with Crippen molar-refractivity contribution in [3.63, 3.8) is 0 Å². The molecular weight excluding hydrogens is 444 g/mol. The van der Waals surface area contributed by atoms with Crippen molar-refractivity contribution in [1.82, 2.24) is 24.8 Å². The summed E-state index contributed by atoms with van der Waals surface area (Å²) in [6.45, 7) is 4.74. The van der Waals surface area contributed by atoms with E-state index in [1.807, 2.05) is 43.3 Å². The van der Waals surface area contributed by atoms with Gasteiger partial charge in [-0.1, -0.05) is 35.0 Å². The van der Waals surface area contributed by atoms with E-state index in [0.29, 0.717) is 49.7 Å². The number of rotatable bonds is 4. The van der Waals surface area contributed by atoms with Gasteiger partial charge in [0.15, 0.2) is 5.69 Å². The second-order valence-electron chi connectivity index (χ2n) is 9.30. The Morgan fingerprint density at radius 2 is 1.54 bits per heavy atom. The number of ether oxygens (including phenoxy) is 1. The van der Waals surface area contributed by atoms with Crippen molar-refractivity contribution in [3.8, 4) is 0 Å². The maximum absolute atomic E-state index is 13.2.